The van der Waals surface area contributed by atoms with Gasteiger partial charge >= 0.3 is 0 Å². The van der Waals surface area contributed by atoms with E-state index in [1.807, 2.05) is 14.1 Å². The second kappa shape index (κ2) is 6.14. The smallest absolute Gasteiger partial charge is 0.124 e. The Morgan fingerprint density at radius 2 is 1.95 bits per heavy atom. The molecule has 0 saturated heterocycles. The van der Waals surface area contributed by atoms with Crippen molar-refractivity contribution in [3.05, 3.63) is 34.8 Å². The summed E-state index contributed by atoms with van der Waals surface area (Å²) in [6.07, 6.45) is 0. The minimum atomic E-state index is 0.506. The molecule has 0 fully saturated rings. The Bertz CT molecular complexity index is 534. The van der Waals surface area contributed by atoms with Crippen molar-refractivity contribution in [2.24, 2.45) is 5.73 Å². The summed E-state index contributed by atoms with van der Waals surface area (Å²) in [6.45, 7) is 1.02. The largest absolute Gasteiger partial charge is 0.378 e. The van der Waals surface area contributed by atoms with Crippen molar-refractivity contribution in [1.82, 2.24) is 4.98 Å². The van der Waals surface area contributed by atoms with E-state index in [4.69, 9.17) is 10.5 Å². The molecule has 19 heavy (non-hydrogen) atoms. The normalized spacial score (nSPS) is 10.7. The molecule has 4 nitrogen and oxygen atoms in total. The zero-order valence-corrected chi connectivity index (χ0v) is 12.3. The molecule has 0 aliphatic rings. The number of benzene rings is 1. The molecule has 1 aromatic carbocycles. The van der Waals surface area contributed by atoms with Gasteiger partial charge in [-0.1, -0.05) is 0 Å². The first-order valence-corrected chi connectivity index (χ1v) is 6.92. The number of ether oxygens (including phenoxy) is 1. The summed E-state index contributed by atoms with van der Waals surface area (Å²) < 4.78 is 5.15. The lowest BCUT2D eigenvalue weighted by molar-refractivity contribution is 0.181. The topological polar surface area (TPSA) is 51.4 Å². The number of anilines is 1. The molecule has 0 unspecified atom stereocenters. The van der Waals surface area contributed by atoms with Crippen molar-refractivity contribution in [3.63, 3.8) is 0 Å². The van der Waals surface area contributed by atoms with E-state index in [1.54, 1.807) is 18.4 Å². The predicted octanol–water partition coefficient (Wildman–Crippen LogP) is 2.48. The number of nitrogens with two attached hydrogens (primary N) is 1. The molecule has 1 heterocycles. The highest BCUT2D eigenvalue weighted by Gasteiger charge is 2.11. The minimum absolute atomic E-state index is 0.506. The van der Waals surface area contributed by atoms with Crippen LogP contribution in [0.15, 0.2) is 24.3 Å². The van der Waals surface area contributed by atoms with Crippen LogP contribution in [0.5, 0.6) is 0 Å². The summed E-state index contributed by atoms with van der Waals surface area (Å²) in [5.41, 5.74) is 8.99. The van der Waals surface area contributed by atoms with E-state index < -0.39 is 0 Å². The van der Waals surface area contributed by atoms with Gasteiger partial charge in [-0.2, -0.15) is 0 Å². The third kappa shape index (κ3) is 3.12. The fourth-order valence-corrected chi connectivity index (χ4v) is 2.77. The Labute approximate surface area is 117 Å². The average Bonchev–Trinajstić information content (AvgIpc) is 2.82. The summed E-state index contributed by atoms with van der Waals surface area (Å²) in [4.78, 5) is 7.78. The number of aromatic nitrogens is 1. The number of rotatable bonds is 5. The molecule has 0 amide bonds. The molecule has 0 saturated carbocycles. The predicted molar refractivity (Wildman–Crippen MR) is 80.5 cm³/mol. The highest BCUT2D eigenvalue weighted by Crippen LogP contribution is 2.29. The molecule has 0 atom stereocenters. The van der Waals surface area contributed by atoms with Crippen molar-refractivity contribution < 1.29 is 4.74 Å². The van der Waals surface area contributed by atoms with Gasteiger partial charge in [-0.25, -0.2) is 4.98 Å². The Hall–Kier alpha value is -1.43. The zero-order chi connectivity index (χ0) is 13.8. The molecule has 0 spiro atoms. The lowest BCUT2D eigenvalue weighted by atomic mass is 10.2. The first-order chi connectivity index (χ1) is 9.15. The lowest BCUT2D eigenvalue weighted by Gasteiger charge is -2.11. The molecular weight excluding hydrogens is 258 g/mol. The van der Waals surface area contributed by atoms with E-state index in [9.17, 15) is 0 Å². The van der Waals surface area contributed by atoms with Gasteiger partial charge in [0.15, 0.2) is 0 Å². The van der Waals surface area contributed by atoms with Gasteiger partial charge < -0.3 is 15.4 Å². The van der Waals surface area contributed by atoms with Crippen LogP contribution in [0.4, 0.5) is 5.69 Å². The first-order valence-electron chi connectivity index (χ1n) is 6.11. The molecule has 2 aromatic rings. The van der Waals surface area contributed by atoms with Crippen molar-refractivity contribution in [3.8, 4) is 10.6 Å². The Morgan fingerprint density at radius 1 is 1.26 bits per heavy atom. The van der Waals surface area contributed by atoms with Crippen LogP contribution in [0, 0.1) is 0 Å². The fraction of sp³-hybridized carbons (Fsp3) is 0.357. The van der Waals surface area contributed by atoms with Gasteiger partial charge in [0, 0.05) is 43.9 Å². The fourth-order valence-electron chi connectivity index (χ4n) is 1.82. The van der Waals surface area contributed by atoms with Gasteiger partial charge in [-0.05, 0) is 24.3 Å². The van der Waals surface area contributed by atoms with Crippen LogP contribution < -0.4 is 10.6 Å². The van der Waals surface area contributed by atoms with Gasteiger partial charge in [0.05, 0.1) is 12.3 Å². The van der Waals surface area contributed by atoms with Gasteiger partial charge in [0.1, 0.15) is 5.01 Å². The van der Waals surface area contributed by atoms with Crippen LogP contribution in [0.2, 0.25) is 0 Å². The van der Waals surface area contributed by atoms with E-state index in [2.05, 4.69) is 34.1 Å². The number of hydrogen-bond donors (Lipinski definition) is 1. The summed E-state index contributed by atoms with van der Waals surface area (Å²) in [5.74, 6) is 0. The van der Waals surface area contributed by atoms with Crippen molar-refractivity contribution in [2.75, 3.05) is 26.1 Å². The third-order valence-electron chi connectivity index (χ3n) is 2.88. The quantitative estimate of drug-likeness (QED) is 0.912. The second-order valence-corrected chi connectivity index (χ2v) is 5.55. The van der Waals surface area contributed by atoms with Gasteiger partial charge in [0.2, 0.25) is 0 Å². The van der Waals surface area contributed by atoms with Crippen LogP contribution in [-0.4, -0.2) is 26.2 Å². The Morgan fingerprint density at radius 3 is 2.47 bits per heavy atom. The van der Waals surface area contributed by atoms with E-state index >= 15 is 0 Å². The zero-order valence-electron chi connectivity index (χ0n) is 11.5. The molecule has 0 aliphatic carbocycles. The molecule has 5 heteroatoms. The van der Waals surface area contributed by atoms with Crippen LogP contribution in [0.25, 0.3) is 10.6 Å². The second-order valence-electron chi connectivity index (χ2n) is 4.47. The van der Waals surface area contributed by atoms with Crippen LogP contribution in [0.1, 0.15) is 10.6 Å². The van der Waals surface area contributed by atoms with Crippen LogP contribution in [0.3, 0.4) is 0 Å². The van der Waals surface area contributed by atoms with E-state index in [0.717, 1.165) is 21.1 Å². The molecule has 102 valence electrons. The third-order valence-corrected chi connectivity index (χ3v) is 4.04. The summed E-state index contributed by atoms with van der Waals surface area (Å²) in [5, 5.41) is 0.998. The van der Waals surface area contributed by atoms with Crippen molar-refractivity contribution in [1.29, 1.82) is 0 Å². The van der Waals surface area contributed by atoms with Crippen LogP contribution >= 0.6 is 11.3 Å². The van der Waals surface area contributed by atoms with E-state index in [0.29, 0.717) is 13.2 Å². The molecule has 0 bridgehead atoms. The number of thiazole rings is 1. The van der Waals surface area contributed by atoms with Crippen molar-refractivity contribution >= 4 is 17.0 Å². The average molecular weight is 277 g/mol. The molecule has 2 rings (SSSR count). The Balaban J connectivity index is 2.30. The number of nitrogens with zero attached hydrogens (tertiary/aromatic N) is 2. The summed E-state index contributed by atoms with van der Waals surface area (Å²) >= 11 is 1.64. The number of hydrogen-bond acceptors (Lipinski definition) is 5. The van der Waals surface area contributed by atoms with Gasteiger partial charge in [-0.3, -0.25) is 0 Å². The van der Waals surface area contributed by atoms with E-state index in [-0.39, 0.29) is 0 Å². The maximum atomic E-state index is 5.74. The monoisotopic (exact) mass is 277 g/mol. The minimum Gasteiger partial charge on any atom is -0.378 e. The van der Waals surface area contributed by atoms with E-state index in [1.165, 1.54) is 5.69 Å². The van der Waals surface area contributed by atoms with Crippen LogP contribution in [-0.2, 0) is 17.9 Å². The molecule has 2 N–H and O–H groups in total. The molecular formula is C14H19N3OS. The Kier molecular flexibility index (Phi) is 4.52. The molecule has 0 radical (unpaired) electrons. The first kappa shape index (κ1) is 14.0. The summed E-state index contributed by atoms with van der Waals surface area (Å²) in [7, 11) is 5.73. The standard InChI is InChI=1S/C14H19N3OS/c1-17(2)11-6-4-10(5-7-11)14-16-12(9-18-3)13(8-15)19-14/h4-7H,8-9,15H2,1-3H3. The van der Waals surface area contributed by atoms with Gasteiger partial charge in [0.25, 0.3) is 0 Å². The highest BCUT2D eigenvalue weighted by molar-refractivity contribution is 7.15. The highest BCUT2D eigenvalue weighted by atomic mass is 32.1. The summed E-state index contributed by atoms with van der Waals surface area (Å²) in [6, 6.07) is 8.36. The molecule has 1 aromatic heterocycles. The maximum absolute atomic E-state index is 5.74. The maximum Gasteiger partial charge on any atom is 0.124 e. The molecule has 0 aliphatic heterocycles. The van der Waals surface area contributed by atoms with Gasteiger partial charge in [-0.15, -0.1) is 11.3 Å². The SMILES string of the molecule is COCc1nc(-c2ccc(N(C)C)cc2)sc1CN. The number of methoxy groups -OCH3 is 1. The lowest BCUT2D eigenvalue weighted by Crippen LogP contribution is -2.07. The van der Waals surface area contributed by atoms with Crippen molar-refractivity contribution in [2.45, 2.75) is 13.2 Å².